The Morgan fingerprint density at radius 2 is 1.76 bits per heavy atom. The topological polar surface area (TPSA) is 55.8 Å². The summed E-state index contributed by atoms with van der Waals surface area (Å²) < 4.78 is 7.66. The van der Waals surface area contributed by atoms with Crippen molar-refractivity contribution in [3.05, 3.63) is 48.3 Å². The zero-order chi connectivity index (χ0) is 17.8. The first-order chi connectivity index (χ1) is 12.2. The Balaban J connectivity index is 2.09. The molecule has 25 heavy (non-hydrogen) atoms. The molecule has 0 saturated carbocycles. The molecule has 3 aromatic rings. The van der Waals surface area contributed by atoms with E-state index in [9.17, 15) is 0 Å². The molecule has 2 N–H and O–H groups in total. The van der Waals surface area contributed by atoms with Gasteiger partial charge in [-0.25, -0.2) is 4.98 Å². The number of hydrogen-bond donors (Lipinski definition) is 1. The zero-order valence-corrected chi connectivity index (χ0v) is 15.2. The maximum Gasteiger partial charge on any atom is 0.137 e. The molecule has 0 spiro atoms. The predicted octanol–water partition coefficient (Wildman–Crippen LogP) is 3.82. The van der Waals surface area contributed by atoms with Crippen molar-refractivity contribution in [3.63, 3.8) is 0 Å². The number of aromatic nitrogens is 2. The lowest BCUT2D eigenvalue weighted by atomic mass is 10.1. The summed E-state index contributed by atoms with van der Waals surface area (Å²) in [5.74, 6) is 0.879. The molecule has 0 bridgehead atoms. The highest BCUT2D eigenvalue weighted by Gasteiger charge is 2.16. The summed E-state index contributed by atoms with van der Waals surface area (Å²) in [6.07, 6.45) is 1.96. The number of benzene rings is 1. The quantitative estimate of drug-likeness (QED) is 0.711. The monoisotopic (exact) mass is 338 g/mol. The van der Waals surface area contributed by atoms with Gasteiger partial charge in [-0.3, -0.25) is 4.90 Å². The van der Waals surface area contributed by atoms with Gasteiger partial charge in [0.25, 0.3) is 0 Å². The molecule has 0 aliphatic heterocycles. The highest BCUT2D eigenvalue weighted by atomic mass is 16.5. The van der Waals surface area contributed by atoms with E-state index < -0.39 is 0 Å². The molecule has 0 atom stereocenters. The molecule has 0 aliphatic rings. The van der Waals surface area contributed by atoms with E-state index in [-0.39, 0.29) is 0 Å². The number of nitrogen functional groups attached to an aromatic ring is 1. The fraction of sp³-hybridized carbons (Fsp3) is 0.350. The normalized spacial score (nSPS) is 11.4. The molecule has 0 unspecified atom stereocenters. The van der Waals surface area contributed by atoms with Crippen LogP contribution in [0.15, 0.2) is 42.6 Å². The summed E-state index contributed by atoms with van der Waals surface area (Å²) in [6.45, 7) is 9.84. The standard InChI is InChI=1S/C20H26N4O/c1-4-23(5-2)14-18-20(15-7-10-17(11-8-15)25-6-3)22-19-12-9-16(21)13-24(18)19/h7-13H,4-6,14,21H2,1-3H3. The molecule has 0 fully saturated rings. The van der Waals surface area contributed by atoms with Crippen molar-refractivity contribution in [2.45, 2.75) is 27.3 Å². The summed E-state index contributed by atoms with van der Waals surface area (Å²) in [7, 11) is 0. The summed E-state index contributed by atoms with van der Waals surface area (Å²) in [5.41, 5.74) is 10.9. The van der Waals surface area contributed by atoms with Crippen molar-refractivity contribution in [2.75, 3.05) is 25.4 Å². The third kappa shape index (κ3) is 3.61. The van der Waals surface area contributed by atoms with Gasteiger partial charge in [-0.15, -0.1) is 0 Å². The Labute approximate surface area is 149 Å². The minimum atomic E-state index is 0.667. The van der Waals surface area contributed by atoms with Gasteiger partial charge in [-0.2, -0.15) is 0 Å². The van der Waals surface area contributed by atoms with E-state index in [1.165, 1.54) is 0 Å². The lowest BCUT2D eigenvalue weighted by molar-refractivity contribution is 0.292. The molecule has 5 nitrogen and oxygen atoms in total. The predicted molar refractivity (Wildman–Crippen MR) is 103 cm³/mol. The highest BCUT2D eigenvalue weighted by molar-refractivity contribution is 5.68. The number of fused-ring (bicyclic) bond motifs is 1. The van der Waals surface area contributed by atoms with E-state index in [0.717, 1.165) is 53.7 Å². The van der Waals surface area contributed by atoms with Crippen LogP contribution < -0.4 is 10.5 Å². The lowest BCUT2D eigenvalue weighted by Crippen LogP contribution is -2.23. The molecule has 0 aliphatic carbocycles. The average molecular weight is 338 g/mol. The summed E-state index contributed by atoms with van der Waals surface area (Å²) in [5, 5.41) is 0. The van der Waals surface area contributed by atoms with Gasteiger partial charge in [0.1, 0.15) is 11.4 Å². The number of imidazole rings is 1. The van der Waals surface area contributed by atoms with Crippen LogP contribution in [-0.2, 0) is 6.54 Å². The smallest absolute Gasteiger partial charge is 0.137 e. The van der Waals surface area contributed by atoms with Gasteiger partial charge >= 0.3 is 0 Å². The number of ether oxygens (including phenoxy) is 1. The van der Waals surface area contributed by atoms with Gasteiger partial charge in [-0.1, -0.05) is 13.8 Å². The van der Waals surface area contributed by atoms with Crippen molar-refractivity contribution in [2.24, 2.45) is 0 Å². The van der Waals surface area contributed by atoms with E-state index in [0.29, 0.717) is 6.61 Å². The first kappa shape index (κ1) is 17.3. The Kier molecular flexibility index (Phi) is 5.24. The van der Waals surface area contributed by atoms with Crippen molar-refractivity contribution in [1.82, 2.24) is 14.3 Å². The Morgan fingerprint density at radius 1 is 1.04 bits per heavy atom. The molecule has 132 valence electrons. The largest absolute Gasteiger partial charge is 0.494 e. The molecule has 5 heteroatoms. The molecule has 1 aromatic carbocycles. The number of nitrogens with two attached hydrogens (primary N) is 1. The average Bonchev–Trinajstić information content (AvgIpc) is 2.98. The van der Waals surface area contributed by atoms with Crippen LogP contribution in [0.4, 0.5) is 5.69 Å². The SMILES string of the molecule is CCOc1ccc(-c2nc3ccc(N)cn3c2CN(CC)CC)cc1. The number of anilines is 1. The fourth-order valence-corrected chi connectivity index (χ4v) is 3.03. The second kappa shape index (κ2) is 7.57. The highest BCUT2D eigenvalue weighted by Crippen LogP contribution is 2.28. The van der Waals surface area contributed by atoms with Gasteiger partial charge < -0.3 is 14.9 Å². The van der Waals surface area contributed by atoms with Gasteiger partial charge in [-0.05, 0) is 56.4 Å². The molecular formula is C20H26N4O. The molecule has 2 heterocycles. The minimum Gasteiger partial charge on any atom is -0.494 e. The first-order valence-electron chi connectivity index (χ1n) is 8.88. The molecule has 0 radical (unpaired) electrons. The Morgan fingerprint density at radius 3 is 2.40 bits per heavy atom. The van der Waals surface area contributed by atoms with Gasteiger partial charge in [0.2, 0.25) is 0 Å². The van der Waals surface area contributed by atoms with Crippen LogP contribution in [0.3, 0.4) is 0 Å². The number of hydrogen-bond acceptors (Lipinski definition) is 4. The zero-order valence-electron chi connectivity index (χ0n) is 15.2. The molecule has 2 aromatic heterocycles. The Hall–Kier alpha value is -2.53. The van der Waals surface area contributed by atoms with Crippen LogP contribution in [0.5, 0.6) is 5.75 Å². The van der Waals surface area contributed by atoms with Gasteiger partial charge in [0.15, 0.2) is 0 Å². The third-order valence-corrected chi connectivity index (χ3v) is 4.45. The van der Waals surface area contributed by atoms with Crippen LogP contribution in [0, 0.1) is 0 Å². The molecule has 0 saturated heterocycles. The summed E-state index contributed by atoms with van der Waals surface area (Å²) in [4.78, 5) is 7.24. The lowest BCUT2D eigenvalue weighted by Gasteiger charge is -2.18. The minimum absolute atomic E-state index is 0.667. The van der Waals surface area contributed by atoms with Crippen LogP contribution in [0.25, 0.3) is 16.9 Å². The van der Waals surface area contributed by atoms with Crippen LogP contribution in [0.1, 0.15) is 26.5 Å². The van der Waals surface area contributed by atoms with Crippen molar-refractivity contribution >= 4 is 11.3 Å². The maximum absolute atomic E-state index is 6.01. The van der Waals surface area contributed by atoms with Crippen LogP contribution in [0.2, 0.25) is 0 Å². The number of pyridine rings is 1. The second-order valence-electron chi connectivity index (χ2n) is 6.02. The van der Waals surface area contributed by atoms with Crippen molar-refractivity contribution < 1.29 is 4.74 Å². The second-order valence-corrected chi connectivity index (χ2v) is 6.02. The molecule has 0 amide bonds. The summed E-state index contributed by atoms with van der Waals surface area (Å²) in [6, 6.07) is 12.0. The Bertz CT molecular complexity index is 835. The summed E-state index contributed by atoms with van der Waals surface area (Å²) >= 11 is 0. The first-order valence-corrected chi connectivity index (χ1v) is 8.88. The number of rotatable bonds is 7. The fourth-order valence-electron chi connectivity index (χ4n) is 3.03. The molecular weight excluding hydrogens is 312 g/mol. The van der Waals surface area contributed by atoms with E-state index in [1.54, 1.807) is 0 Å². The van der Waals surface area contributed by atoms with E-state index >= 15 is 0 Å². The molecule has 3 rings (SSSR count). The van der Waals surface area contributed by atoms with Crippen LogP contribution in [-0.4, -0.2) is 34.0 Å². The van der Waals surface area contributed by atoms with Gasteiger partial charge in [0, 0.05) is 24.0 Å². The van der Waals surface area contributed by atoms with Crippen molar-refractivity contribution in [3.8, 4) is 17.0 Å². The third-order valence-electron chi connectivity index (χ3n) is 4.45. The van der Waals surface area contributed by atoms with Crippen LogP contribution >= 0.6 is 0 Å². The van der Waals surface area contributed by atoms with E-state index in [1.807, 2.05) is 37.4 Å². The van der Waals surface area contributed by atoms with E-state index in [4.69, 9.17) is 15.5 Å². The van der Waals surface area contributed by atoms with Crippen molar-refractivity contribution in [1.29, 1.82) is 0 Å². The van der Waals surface area contributed by atoms with E-state index in [2.05, 4.69) is 35.3 Å². The number of nitrogens with zero attached hydrogens (tertiary/aromatic N) is 3. The van der Waals surface area contributed by atoms with Gasteiger partial charge in [0.05, 0.1) is 18.0 Å². The maximum atomic E-state index is 6.01.